The molecule has 1 aromatic heterocycles. The van der Waals surface area contributed by atoms with Crippen molar-refractivity contribution in [2.24, 2.45) is 0 Å². The molecule has 1 atom stereocenters. The van der Waals surface area contributed by atoms with E-state index in [0.29, 0.717) is 5.13 Å². The summed E-state index contributed by atoms with van der Waals surface area (Å²) in [6, 6.07) is 10.9. The highest BCUT2D eigenvalue weighted by Gasteiger charge is 2.17. The second kappa shape index (κ2) is 8.26. The summed E-state index contributed by atoms with van der Waals surface area (Å²) in [7, 11) is 0. The molecule has 140 valence electrons. The van der Waals surface area contributed by atoms with Gasteiger partial charge in [-0.1, -0.05) is 28.1 Å². The van der Waals surface area contributed by atoms with Crippen LogP contribution in [0.25, 0.3) is 11.3 Å². The summed E-state index contributed by atoms with van der Waals surface area (Å²) in [5.74, 6) is -1.21. The predicted molar refractivity (Wildman–Crippen MR) is 109 cm³/mol. The quantitative estimate of drug-likeness (QED) is 0.467. The summed E-state index contributed by atoms with van der Waals surface area (Å²) >= 11 is 2.24. The van der Waals surface area contributed by atoms with Crippen LogP contribution in [0.15, 0.2) is 46.9 Å². The normalized spacial score (nSPS) is 11.9. The van der Waals surface area contributed by atoms with Crippen LogP contribution < -0.4 is 10.0 Å². The molecule has 1 unspecified atom stereocenters. The third-order valence-corrected chi connectivity index (χ3v) is 5.37. The van der Waals surface area contributed by atoms with E-state index in [9.17, 15) is 13.4 Å². The Balaban J connectivity index is 1.86. The van der Waals surface area contributed by atoms with Gasteiger partial charge in [-0.15, -0.1) is 11.3 Å². The lowest BCUT2D eigenvalue weighted by molar-refractivity contribution is 0.102. The molecule has 0 spiro atoms. The van der Waals surface area contributed by atoms with Gasteiger partial charge in [0.25, 0.3) is 17.2 Å². The summed E-state index contributed by atoms with van der Waals surface area (Å²) in [6.45, 7) is 1.89. The van der Waals surface area contributed by atoms with Crippen molar-refractivity contribution in [3.8, 4) is 11.3 Å². The zero-order chi connectivity index (χ0) is 19.6. The third-order valence-electron chi connectivity index (χ3n) is 3.56. The Kier molecular flexibility index (Phi) is 6.00. The van der Waals surface area contributed by atoms with Crippen LogP contribution in [-0.2, 0) is 11.3 Å². The molecule has 1 amide bonds. The van der Waals surface area contributed by atoms with Crippen molar-refractivity contribution < 1.29 is 17.9 Å². The highest BCUT2D eigenvalue weighted by Crippen LogP contribution is 2.31. The number of aryl methyl sites for hydroxylation is 1. The summed E-state index contributed by atoms with van der Waals surface area (Å²) in [5, 5.41) is 3.02. The first kappa shape index (κ1) is 19.6. The number of carbonyl (C=O) groups excluding carboxylic acids is 1. The van der Waals surface area contributed by atoms with Gasteiger partial charge in [0.2, 0.25) is 0 Å². The van der Waals surface area contributed by atoms with Crippen LogP contribution in [0.2, 0.25) is 0 Å². The molecule has 3 aromatic rings. The lowest BCUT2D eigenvalue weighted by Crippen LogP contribution is -2.15. The van der Waals surface area contributed by atoms with Gasteiger partial charge in [-0.05, 0) is 37.3 Å². The number of carbonyl (C=O) groups is 1. The first-order valence-corrected chi connectivity index (χ1v) is 10.3. The Morgan fingerprint density at radius 1 is 1.26 bits per heavy atom. The van der Waals surface area contributed by atoms with E-state index in [2.05, 4.69) is 31.0 Å². The fourth-order valence-corrected chi connectivity index (χ4v) is 3.84. The van der Waals surface area contributed by atoms with Crippen molar-refractivity contribution in [2.75, 3.05) is 10.0 Å². The van der Waals surface area contributed by atoms with Gasteiger partial charge in [-0.2, -0.15) is 0 Å². The van der Waals surface area contributed by atoms with Crippen LogP contribution in [0.5, 0.6) is 0 Å². The van der Waals surface area contributed by atoms with Gasteiger partial charge in [0.1, 0.15) is 5.82 Å². The monoisotopic (exact) mass is 469 g/mol. The van der Waals surface area contributed by atoms with Crippen molar-refractivity contribution in [1.82, 2.24) is 4.98 Å². The molecule has 0 saturated carbocycles. The molecule has 6 nitrogen and oxygen atoms in total. The number of hydrogen-bond donors (Lipinski definition) is 3. The third kappa shape index (κ3) is 4.78. The average molecular weight is 470 g/mol. The van der Waals surface area contributed by atoms with Gasteiger partial charge in [0.15, 0.2) is 5.13 Å². The fraction of sp³-hybridized carbons (Fsp3) is 0.0588. The number of halogens is 2. The van der Waals surface area contributed by atoms with Crippen LogP contribution in [0.1, 0.15) is 15.2 Å². The van der Waals surface area contributed by atoms with E-state index in [1.807, 2.05) is 31.2 Å². The van der Waals surface area contributed by atoms with Crippen molar-refractivity contribution in [3.05, 3.63) is 63.2 Å². The fourth-order valence-electron chi connectivity index (χ4n) is 2.38. The molecule has 0 aliphatic rings. The first-order chi connectivity index (χ1) is 12.8. The van der Waals surface area contributed by atoms with Crippen molar-refractivity contribution in [1.29, 1.82) is 0 Å². The van der Waals surface area contributed by atoms with Crippen molar-refractivity contribution >= 4 is 55.3 Å². The average Bonchev–Trinajstić information content (AvgIpc) is 2.95. The summed E-state index contributed by atoms with van der Waals surface area (Å²) in [4.78, 5) is 17.9. The van der Waals surface area contributed by atoms with Crippen molar-refractivity contribution in [2.45, 2.75) is 6.92 Å². The zero-order valence-electron chi connectivity index (χ0n) is 13.8. The Hall–Kier alpha value is -2.14. The maximum atomic E-state index is 13.4. The molecule has 27 heavy (non-hydrogen) atoms. The number of aromatic nitrogens is 1. The molecule has 0 radical (unpaired) electrons. The lowest BCUT2D eigenvalue weighted by atomic mass is 10.1. The minimum absolute atomic E-state index is 0.0249. The Morgan fingerprint density at radius 3 is 2.63 bits per heavy atom. The van der Waals surface area contributed by atoms with Crippen LogP contribution in [0, 0.1) is 12.7 Å². The molecule has 1 heterocycles. The van der Waals surface area contributed by atoms with Gasteiger partial charge in [-0.25, -0.2) is 13.6 Å². The highest BCUT2D eigenvalue weighted by molar-refractivity contribution is 9.10. The second-order valence-corrected chi connectivity index (χ2v) is 8.25. The van der Waals surface area contributed by atoms with Gasteiger partial charge >= 0.3 is 0 Å². The molecular formula is C17H13BrFN3O3S2. The number of amides is 1. The van der Waals surface area contributed by atoms with Gasteiger partial charge < -0.3 is 0 Å². The molecule has 0 aliphatic heterocycles. The number of anilines is 2. The number of rotatable bonds is 5. The Bertz CT molecular complexity index is 1020. The Morgan fingerprint density at radius 2 is 1.96 bits per heavy atom. The Labute approximate surface area is 169 Å². The van der Waals surface area contributed by atoms with Crippen LogP contribution in [-0.4, -0.2) is 19.7 Å². The zero-order valence-corrected chi connectivity index (χ0v) is 17.0. The molecule has 2 aromatic carbocycles. The second-order valence-electron chi connectivity index (χ2n) is 5.43. The van der Waals surface area contributed by atoms with Gasteiger partial charge in [0, 0.05) is 14.9 Å². The predicted octanol–water partition coefficient (Wildman–Crippen LogP) is 4.82. The maximum absolute atomic E-state index is 13.4. The van der Waals surface area contributed by atoms with Gasteiger partial charge in [-0.3, -0.25) is 19.4 Å². The molecule has 0 aliphatic carbocycles. The summed E-state index contributed by atoms with van der Waals surface area (Å²) in [5.41, 5.74) is 1.59. The highest BCUT2D eigenvalue weighted by atomic mass is 79.9. The largest absolute Gasteiger partial charge is 0.298 e. The van der Waals surface area contributed by atoms with Crippen LogP contribution in [0.3, 0.4) is 0 Å². The number of nitrogens with zero attached hydrogens (tertiary/aromatic N) is 1. The molecule has 10 heteroatoms. The molecule has 3 rings (SSSR count). The van der Waals surface area contributed by atoms with Gasteiger partial charge in [0.05, 0.1) is 16.9 Å². The van der Waals surface area contributed by atoms with E-state index >= 15 is 0 Å². The number of nitrogens with one attached hydrogen (secondary N) is 2. The first-order valence-electron chi connectivity index (χ1n) is 7.55. The smallest absolute Gasteiger partial charge is 0.259 e. The van der Waals surface area contributed by atoms with E-state index in [1.54, 1.807) is 0 Å². The number of benzene rings is 2. The molecule has 3 N–H and O–H groups in total. The van der Waals surface area contributed by atoms with E-state index in [0.717, 1.165) is 32.7 Å². The van der Waals surface area contributed by atoms with E-state index in [-0.39, 0.29) is 11.3 Å². The van der Waals surface area contributed by atoms with E-state index in [4.69, 9.17) is 4.55 Å². The van der Waals surface area contributed by atoms with Crippen molar-refractivity contribution in [3.63, 3.8) is 0 Å². The topological polar surface area (TPSA) is 91.3 Å². The minimum Gasteiger partial charge on any atom is -0.298 e. The van der Waals surface area contributed by atoms with E-state index < -0.39 is 23.0 Å². The summed E-state index contributed by atoms with van der Waals surface area (Å²) < 4.78 is 36.4. The van der Waals surface area contributed by atoms with Crippen LogP contribution in [0.4, 0.5) is 15.2 Å². The number of hydrogen-bond acceptors (Lipinski definition) is 4. The molecule has 0 saturated heterocycles. The standard InChI is InChI=1S/C17H13BrFN3O3S2/c1-9-15(10-2-4-11(18)5-3-10)20-17(26-9)21-16(23)13-7-6-12(19)8-14(13)22-27(24)25/h2-8,22H,1H3,(H,24,25)(H,20,21,23). The SMILES string of the molecule is Cc1sc(NC(=O)c2ccc(F)cc2NS(=O)O)nc1-c1ccc(Br)cc1. The van der Waals surface area contributed by atoms with Crippen LogP contribution >= 0.6 is 27.3 Å². The maximum Gasteiger partial charge on any atom is 0.259 e. The molecule has 0 bridgehead atoms. The summed E-state index contributed by atoms with van der Waals surface area (Å²) in [6.07, 6.45) is 0. The minimum atomic E-state index is -2.44. The van der Waals surface area contributed by atoms with E-state index in [1.165, 1.54) is 17.4 Å². The molecular weight excluding hydrogens is 457 g/mol. The number of thiazole rings is 1. The molecule has 0 fully saturated rings. The lowest BCUT2D eigenvalue weighted by Gasteiger charge is -2.09.